The fourth-order valence-electron chi connectivity index (χ4n) is 2.27. The van der Waals surface area contributed by atoms with E-state index in [9.17, 15) is 9.90 Å². The van der Waals surface area contributed by atoms with E-state index in [0.717, 1.165) is 35.3 Å². The van der Waals surface area contributed by atoms with Crippen molar-refractivity contribution in [1.29, 1.82) is 0 Å². The molecular formula is C14H23N3O2S2. The minimum atomic E-state index is -0.323. The SMILES string of the molecule is Cc1csc(SCCN2C(=O)CCCN2CCC(C)O)n1. The second kappa shape index (κ2) is 8.12. The van der Waals surface area contributed by atoms with Gasteiger partial charge in [-0.15, -0.1) is 11.3 Å². The van der Waals surface area contributed by atoms with Crippen LogP contribution >= 0.6 is 23.1 Å². The zero-order valence-corrected chi connectivity index (χ0v) is 14.3. The Morgan fingerprint density at radius 1 is 1.52 bits per heavy atom. The predicted molar refractivity (Wildman–Crippen MR) is 86.4 cm³/mol. The first-order valence-electron chi connectivity index (χ1n) is 7.34. The van der Waals surface area contributed by atoms with E-state index in [1.165, 1.54) is 0 Å². The Balaban J connectivity index is 1.83. The third kappa shape index (κ3) is 5.25. The molecule has 118 valence electrons. The van der Waals surface area contributed by atoms with Gasteiger partial charge in [-0.05, 0) is 26.7 Å². The Labute approximate surface area is 134 Å². The molecule has 1 aromatic rings. The van der Waals surface area contributed by atoms with Crippen molar-refractivity contribution < 1.29 is 9.90 Å². The van der Waals surface area contributed by atoms with Gasteiger partial charge < -0.3 is 5.11 Å². The van der Waals surface area contributed by atoms with Gasteiger partial charge in [0.05, 0.1) is 6.10 Å². The second-order valence-electron chi connectivity index (χ2n) is 5.32. The van der Waals surface area contributed by atoms with Crippen LogP contribution in [0.3, 0.4) is 0 Å². The van der Waals surface area contributed by atoms with Gasteiger partial charge in [0, 0.05) is 42.9 Å². The monoisotopic (exact) mass is 329 g/mol. The number of hydrazine groups is 1. The molecule has 1 saturated heterocycles. The maximum atomic E-state index is 12.1. The zero-order chi connectivity index (χ0) is 15.2. The Morgan fingerprint density at radius 2 is 2.33 bits per heavy atom. The summed E-state index contributed by atoms with van der Waals surface area (Å²) in [5.74, 6) is 1.05. The average molecular weight is 329 g/mol. The summed E-state index contributed by atoms with van der Waals surface area (Å²) in [6.45, 7) is 6.13. The van der Waals surface area contributed by atoms with Crippen LogP contribution in [-0.2, 0) is 4.79 Å². The lowest BCUT2D eigenvalue weighted by atomic mass is 10.2. The number of aryl methyl sites for hydroxylation is 1. The number of nitrogens with zero attached hydrogens (tertiary/aromatic N) is 3. The number of carbonyl (C=O) groups is 1. The molecule has 0 saturated carbocycles. The van der Waals surface area contributed by atoms with Gasteiger partial charge in [0.1, 0.15) is 4.34 Å². The summed E-state index contributed by atoms with van der Waals surface area (Å²) in [4.78, 5) is 16.5. The summed E-state index contributed by atoms with van der Waals surface area (Å²) < 4.78 is 1.06. The molecule has 0 aliphatic carbocycles. The Morgan fingerprint density at radius 3 is 3.00 bits per heavy atom. The van der Waals surface area contributed by atoms with Crippen LogP contribution in [0.25, 0.3) is 0 Å². The largest absolute Gasteiger partial charge is 0.393 e. The minimum absolute atomic E-state index is 0.197. The number of aliphatic hydroxyl groups excluding tert-OH is 1. The Hall–Kier alpha value is -0.630. The first kappa shape index (κ1) is 16.7. The molecule has 21 heavy (non-hydrogen) atoms. The van der Waals surface area contributed by atoms with E-state index in [1.54, 1.807) is 30.0 Å². The lowest BCUT2D eigenvalue weighted by molar-refractivity contribution is -0.155. The molecule has 7 heteroatoms. The molecule has 1 unspecified atom stereocenters. The summed E-state index contributed by atoms with van der Waals surface area (Å²) in [6.07, 6.45) is 1.92. The lowest BCUT2D eigenvalue weighted by Gasteiger charge is -2.38. The van der Waals surface area contributed by atoms with E-state index in [2.05, 4.69) is 9.99 Å². The number of amides is 1. The van der Waals surface area contributed by atoms with Gasteiger partial charge in [-0.3, -0.25) is 9.80 Å². The maximum absolute atomic E-state index is 12.1. The van der Waals surface area contributed by atoms with Gasteiger partial charge in [0.2, 0.25) is 5.91 Å². The van der Waals surface area contributed by atoms with E-state index >= 15 is 0 Å². The summed E-state index contributed by atoms with van der Waals surface area (Å²) in [5.41, 5.74) is 1.05. The number of carbonyl (C=O) groups excluding carboxylic acids is 1. The molecule has 1 aliphatic rings. The van der Waals surface area contributed by atoms with Gasteiger partial charge in [-0.1, -0.05) is 11.8 Å². The molecule has 5 nitrogen and oxygen atoms in total. The molecule has 2 rings (SSSR count). The molecule has 1 atom stereocenters. The fourth-order valence-corrected chi connectivity index (χ4v) is 4.11. The predicted octanol–water partition coefficient (Wildman–Crippen LogP) is 2.15. The fraction of sp³-hybridized carbons (Fsp3) is 0.714. The van der Waals surface area contributed by atoms with Gasteiger partial charge in [-0.2, -0.15) is 0 Å². The third-order valence-electron chi connectivity index (χ3n) is 3.37. The molecule has 1 aromatic heterocycles. The standard InChI is InChI=1S/C14H23N3O2S2/c1-11-10-21-14(15-11)20-9-8-17-13(19)4-3-6-16(17)7-5-12(2)18/h10,12,18H,3-9H2,1-2H3. The molecule has 0 spiro atoms. The number of hydrogen-bond acceptors (Lipinski definition) is 6. The maximum Gasteiger partial charge on any atom is 0.236 e. The quantitative estimate of drug-likeness (QED) is 0.777. The van der Waals surface area contributed by atoms with Crippen LogP contribution in [0, 0.1) is 6.92 Å². The second-order valence-corrected chi connectivity index (χ2v) is 7.52. The number of thiazole rings is 1. The van der Waals surface area contributed by atoms with E-state index in [4.69, 9.17) is 0 Å². The molecule has 1 amide bonds. The number of hydrogen-bond donors (Lipinski definition) is 1. The molecular weight excluding hydrogens is 306 g/mol. The Bertz CT molecular complexity index is 465. The van der Waals surface area contributed by atoms with Gasteiger partial charge >= 0.3 is 0 Å². The van der Waals surface area contributed by atoms with Crippen molar-refractivity contribution in [2.75, 3.05) is 25.4 Å². The lowest BCUT2D eigenvalue weighted by Crippen LogP contribution is -2.52. The highest BCUT2D eigenvalue weighted by molar-refractivity contribution is 8.01. The average Bonchev–Trinajstić information content (AvgIpc) is 2.84. The van der Waals surface area contributed by atoms with Crippen molar-refractivity contribution in [2.24, 2.45) is 0 Å². The van der Waals surface area contributed by atoms with Gasteiger partial charge in [0.15, 0.2) is 0 Å². The highest BCUT2D eigenvalue weighted by atomic mass is 32.2. The molecule has 1 aliphatic heterocycles. The van der Waals surface area contributed by atoms with Crippen LogP contribution in [0.5, 0.6) is 0 Å². The van der Waals surface area contributed by atoms with Gasteiger partial charge in [0.25, 0.3) is 0 Å². The van der Waals surface area contributed by atoms with Crippen LogP contribution in [0.2, 0.25) is 0 Å². The van der Waals surface area contributed by atoms with Crippen molar-refractivity contribution in [3.63, 3.8) is 0 Å². The Kier molecular flexibility index (Phi) is 6.47. The highest BCUT2D eigenvalue weighted by Gasteiger charge is 2.25. The zero-order valence-electron chi connectivity index (χ0n) is 12.6. The molecule has 1 N–H and O–H groups in total. The smallest absolute Gasteiger partial charge is 0.236 e. The van der Waals surface area contributed by atoms with E-state index in [0.29, 0.717) is 19.4 Å². The molecule has 0 aromatic carbocycles. The summed E-state index contributed by atoms with van der Waals surface area (Å²) in [6, 6.07) is 0. The molecule has 2 heterocycles. The number of aliphatic hydroxyl groups is 1. The van der Waals surface area contributed by atoms with Crippen molar-refractivity contribution in [3.05, 3.63) is 11.1 Å². The van der Waals surface area contributed by atoms with Gasteiger partial charge in [-0.25, -0.2) is 9.99 Å². The number of aromatic nitrogens is 1. The van der Waals surface area contributed by atoms with E-state index in [1.807, 2.05) is 17.3 Å². The van der Waals surface area contributed by atoms with Crippen LogP contribution in [0.1, 0.15) is 31.9 Å². The number of rotatable bonds is 7. The van der Waals surface area contributed by atoms with Crippen molar-refractivity contribution in [1.82, 2.24) is 15.0 Å². The first-order chi connectivity index (χ1) is 10.1. The van der Waals surface area contributed by atoms with Crippen LogP contribution < -0.4 is 0 Å². The summed E-state index contributed by atoms with van der Waals surface area (Å²) in [7, 11) is 0. The van der Waals surface area contributed by atoms with E-state index < -0.39 is 0 Å². The summed E-state index contributed by atoms with van der Waals surface area (Å²) >= 11 is 3.35. The molecule has 1 fully saturated rings. The van der Waals surface area contributed by atoms with E-state index in [-0.39, 0.29) is 12.0 Å². The highest BCUT2D eigenvalue weighted by Crippen LogP contribution is 2.23. The molecule has 0 bridgehead atoms. The van der Waals surface area contributed by atoms with Crippen molar-refractivity contribution in [3.8, 4) is 0 Å². The van der Waals surface area contributed by atoms with Crippen LogP contribution in [-0.4, -0.2) is 57.5 Å². The normalized spacial score (nSPS) is 18.2. The van der Waals surface area contributed by atoms with Crippen molar-refractivity contribution >= 4 is 29.0 Å². The van der Waals surface area contributed by atoms with Crippen LogP contribution in [0.4, 0.5) is 0 Å². The third-order valence-corrected chi connectivity index (χ3v) is 5.49. The topological polar surface area (TPSA) is 56.7 Å². The molecule has 0 radical (unpaired) electrons. The number of thioether (sulfide) groups is 1. The summed E-state index contributed by atoms with van der Waals surface area (Å²) in [5, 5.41) is 15.4. The van der Waals surface area contributed by atoms with Crippen LogP contribution in [0.15, 0.2) is 9.72 Å². The van der Waals surface area contributed by atoms with Crippen molar-refractivity contribution in [2.45, 2.75) is 43.6 Å². The minimum Gasteiger partial charge on any atom is -0.393 e. The first-order valence-corrected chi connectivity index (χ1v) is 9.21.